The molecule has 0 heterocycles. The van der Waals surface area contributed by atoms with E-state index in [1.807, 2.05) is 0 Å². The smallest absolute Gasteiger partial charge is 0.221 e. The molecule has 1 aromatic carbocycles. The van der Waals surface area contributed by atoms with Crippen LogP contribution < -0.4 is 11.1 Å². The van der Waals surface area contributed by atoms with E-state index in [-0.39, 0.29) is 16.9 Å². The summed E-state index contributed by atoms with van der Waals surface area (Å²) in [4.78, 5) is 40.2. The van der Waals surface area contributed by atoms with Crippen LogP contribution in [0.1, 0.15) is 30.9 Å². The van der Waals surface area contributed by atoms with Gasteiger partial charge >= 0.3 is 0 Å². The van der Waals surface area contributed by atoms with Gasteiger partial charge in [-0.1, -0.05) is 19.6 Å². The number of aromatic hydroxyl groups is 1. The summed E-state index contributed by atoms with van der Waals surface area (Å²) in [5.41, 5.74) is 1.79. The molecule has 11 heteroatoms. The van der Waals surface area contributed by atoms with Gasteiger partial charge in [0.25, 0.3) is 0 Å². The molecule has 0 bridgehead atoms. The molecule has 1 fully saturated rings. The minimum atomic E-state index is -2.82. The molecular formula is C25H29N3O8. The molecule has 8 N–H and O–H groups in total. The van der Waals surface area contributed by atoms with Gasteiger partial charge in [0.05, 0.1) is 34.9 Å². The Labute approximate surface area is 206 Å². The molecular weight excluding hydrogens is 470 g/mol. The molecule has 6 atom stereocenters. The van der Waals surface area contributed by atoms with Gasteiger partial charge in [-0.15, -0.1) is 0 Å². The maximum atomic E-state index is 13.9. The molecule has 3 aliphatic carbocycles. The lowest BCUT2D eigenvalue weighted by Crippen LogP contribution is -2.70. The van der Waals surface area contributed by atoms with Gasteiger partial charge in [-0.05, 0) is 31.6 Å². The van der Waals surface area contributed by atoms with Crippen LogP contribution in [0.15, 0.2) is 41.3 Å². The topological polar surface area (TPSA) is 194 Å². The van der Waals surface area contributed by atoms with Crippen LogP contribution in [0.3, 0.4) is 0 Å². The molecule has 3 aliphatic rings. The molecule has 0 aliphatic heterocycles. The number of phenolic OH excluding ortho intramolecular Hbond substituents is 1. The Morgan fingerprint density at radius 2 is 1.81 bits per heavy atom. The number of fused-ring (bicyclic) bond motifs is 3. The summed E-state index contributed by atoms with van der Waals surface area (Å²) in [6.07, 6.45) is -1.59. The van der Waals surface area contributed by atoms with E-state index in [4.69, 9.17) is 5.73 Å². The number of nitrogens with zero attached hydrogens (tertiary/aromatic N) is 1. The van der Waals surface area contributed by atoms with E-state index in [2.05, 4.69) is 11.9 Å². The van der Waals surface area contributed by atoms with Crippen molar-refractivity contribution in [1.82, 2.24) is 4.90 Å². The van der Waals surface area contributed by atoms with Gasteiger partial charge < -0.3 is 36.6 Å². The normalized spacial score (nSPS) is 31.7. The highest BCUT2D eigenvalue weighted by Crippen LogP contribution is 2.56. The summed E-state index contributed by atoms with van der Waals surface area (Å²) < 4.78 is 0. The quantitative estimate of drug-likeness (QED) is 0.287. The third-order valence-electron chi connectivity index (χ3n) is 7.51. The van der Waals surface area contributed by atoms with Crippen molar-refractivity contribution in [3.05, 3.63) is 52.4 Å². The number of likely N-dealkylation sites (N-methyl/N-ethyl adjacent to an activating group) is 1. The average molecular weight is 500 g/mol. The monoisotopic (exact) mass is 499 g/mol. The van der Waals surface area contributed by atoms with Crippen molar-refractivity contribution < 1.29 is 39.9 Å². The third kappa shape index (κ3) is 3.13. The maximum Gasteiger partial charge on any atom is 0.221 e. The van der Waals surface area contributed by atoms with Crippen LogP contribution in [-0.2, 0) is 14.4 Å². The molecule has 1 saturated carbocycles. The van der Waals surface area contributed by atoms with Gasteiger partial charge in [0.2, 0.25) is 11.7 Å². The van der Waals surface area contributed by atoms with Gasteiger partial charge in [0.1, 0.15) is 17.3 Å². The number of nitrogens with two attached hydrogens (primary N) is 1. The number of aliphatic hydroxyl groups is 4. The van der Waals surface area contributed by atoms with E-state index in [0.717, 1.165) is 0 Å². The Bertz CT molecular complexity index is 1300. The lowest BCUT2D eigenvalue weighted by molar-refractivity contribution is -0.169. The number of carbonyl (C=O) groups excluding carboxylic acids is 3. The Hall–Kier alpha value is -3.67. The number of Topliss-reactive ketones (excluding diaryl/α,β-unsaturated/α-hetero) is 2. The van der Waals surface area contributed by atoms with E-state index in [0.29, 0.717) is 5.56 Å². The molecule has 1 aromatic rings. The van der Waals surface area contributed by atoms with E-state index in [9.17, 15) is 39.9 Å². The van der Waals surface area contributed by atoms with E-state index >= 15 is 0 Å². The molecule has 3 unspecified atom stereocenters. The van der Waals surface area contributed by atoms with Gasteiger partial charge in [0.15, 0.2) is 11.4 Å². The van der Waals surface area contributed by atoms with Crippen LogP contribution in [0.4, 0.5) is 5.69 Å². The van der Waals surface area contributed by atoms with Crippen molar-refractivity contribution in [2.24, 2.45) is 17.6 Å². The highest BCUT2D eigenvalue weighted by atomic mass is 16.4. The molecule has 192 valence electrons. The Balaban J connectivity index is 2.04. The first-order valence-corrected chi connectivity index (χ1v) is 11.3. The molecule has 0 radical (unpaired) electrons. The molecule has 11 nitrogen and oxygen atoms in total. The number of ketones is 2. The van der Waals surface area contributed by atoms with Crippen LogP contribution in [0.2, 0.25) is 0 Å². The van der Waals surface area contributed by atoms with Crippen molar-refractivity contribution in [3.8, 4) is 5.75 Å². The second-order valence-electron chi connectivity index (χ2n) is 9.82. The average Bonchev–Trinajstić information content (AvgIpc) is 2.77. The van der Waals surface area contributed by atoms with Crippen molar-refractivity contribution >= 4 is 28.9 Å². The molecule has 0 saturated heterocycles. The van der Waals surface area contributed by atoms with Gasteiger partial charge in [-0.3, -0.25) is 19.3 Å². The van der Waals surface area contributed by atoms with E-state index in [1.165, 1.54) is 32.0 Å². The van der Waals surface area contributed by atoms with Crippen LogP contribution in [0, 0.1) is 11.8 Å². The first kappa shape index (κ1) is 25.4. The fourth-order valence-electron chi connectivity index (χ4n) is 5.98. The number of amides is 1. The second kappa shape index (κ2) is 8.19. The maximum absolute atomic E-state index is 13.9. The lowest BCUT2D eigenvalue weighted by atomic mass is 9.54. The number of benzene rings is 1. The summed E-state index contributed by atoms with van der Waals surface area (Å²) >= 11 is 0. The number of hydrogen-bond acceptors (Lipinski definition) is 10. The highest BCUT2D eigenvalue weighted by molar-refractivity contribution is 6.15. The summed E-state index contributed by atoms with van der Waals surface area (Å²) in [5, 5.41) is 58.8. The van der Waals surface area contributed by atoms with Gasteiger partial charge in [-0.25, -0.2) is 0 Å². The van der Waals surface area contributed by atoms with Crippen LogP contribution in [-0.4, -0.2) is 79.7 Å². The fraction of sp³-hybridized carbons (Fsp3) is 0.400. The molecule has 1 amide bonds. The second-order valence-corrected chi connectivity index (χ2v) is 9.82. The summed E-state index contributed by atoms with van der Waals surface area (Å²) in [5.74, 6) is -7.89. The number of carbonyl (C=O) groups is 3. The van der Waals surface area contributed by atoms with Gasteiger partial charge in [-0.2, -0.15) is 0 Å². The number of anilines is 1. The lowest BCUT2D eigenvalue weighted by Gasteiger charge is -2.54. The van der Waals surface area contributed by atoms with Crippen LogP contribution >= 0.6 is 0 Å². The van der Waals surface area contributed by atoms with Crippen molar-refractivity contribution in [3.63, 3.8) is 0 Å². The van der Waals surface area contributed by atoms with Crippen molar-refractivity contribution in [1.29, 1.82) is 0 Å². The molecule has 4 rings (SSSR count). The van der Waals surface area contributed by atoms with E-state index in [1.54, 1.807) is 13.0 Å². The highest BCUT2D eigenvalue weighted by Gasteiger charge is 2.67. The molecule has 36 heavy (non-hydrogen) atoms. The summed E-state index contributed by atoms with van der Waals surface area (Å²) in [6, 6.07) is 1.71. The zero-order valence-electron chi connectivity index (χ0n) is 20.2. The minimum absolute atomic E-state index is 0.0140. The zero-order chi connectivity index (χ0) is 27.0. The SMILES string of the molecule is C=C(N)C1=C(O)[C@@]2(O)C(=O)C3=C(O)c4c(ccc(NC(C)=O)c4O)[C@H](C)C3C(O)C2[C@H](N(C)C)C1=O. The molecule has 0 aromatic heterocycles. The first-order valence-electron chi connectivity index (χ1n) is 11.3. The summed E-state index contributed by atoms with van der Waals surface area (Å²) in [7, 11) is 3.03. The first-order chi connectivity index (χ1) is 16.7. The standard InChI is InChI=1S/C25H29N3O8/c1-8-11-6-7-12(27-10(3)29)19(30)15(11)20(31)16-13(8)21(32)17-18(28(4)5)22(33)14(9(2)26)23(34)25(17,36)24(16)35/h6-8,13,17-18,21,30-32,34,36H,2,26H2,1,3-5H3,(H,27,29)/t8-,13?,17?,18-,21?,25+/m0/s1. The third-order valence-corrected chi connectivity index (χ3v) is 7.51. The van der Waals surface area contributed by atoms with Crippen LogP contribution in [0.25, 0.3) is 5.76 Å². The number of rotatable bonds is 3. The Morgan fingerprint density at radius 1 is 1.19 bits per heavy atom. The number of nitrogens with one attached hydrogen (secondary N) is 1. The van der Waals surface area contributed by atoms with E-state index < -0.39 is 81.4 Å². The number of phenols is 1. The number of aliphatic hydroxyl groups excluding tert-OH is 3. The van der Waals surface area contributed by atoms with Crippen molar-refractivity contribution in [2.45, 2.75) is 37.5 Å². The minimum Gasteiger partial charge on any atom is -0.508 e. The number of allylic oxidation sites excluding steroid dienone is 1. The predicted molar refractivity (Wildman–Crippen MR) is 129 cm³/mol. The van der Waals surface area contributed by atoms with Gasteiger partial charge in [0, 0.05) is 24.1 Å². The largest absolute Gasteiger partial charge is 0.508 e. The Morgan fingerprint density at radius 3 is 2.33 bits per heavy atom. The van der Waals surface area contributed by atoms with Crippen LogP contribution in [0.5, 0.6) is 5.75 Å². The summed E-state index contributed by atoms with van der Waals surface area (Å²) in [6.45, 7) is 6.37. The van der Waals surface area contributed by atoms with Crippen molar-refractivity contribution in [2.75, 3.05) is 19.4 Å². The Kier molecular flexibility index (Phi) is 5.78. The zero-order valence-corrected chi connectivity index (χ0v) is 20.2. The number of hydrogen-bond donors (Lipinski definition) is 7. The molecule has 0 spiro atoms. The predicted octanol–water partition coefficient (Wildman–Crippen LogP) is 0.441. The fourth-order valence-corrected chi connectivity index (χ4v) is 5.98.